The molecule has 0 aliphatic rings. The van der Waals surface area contributed by atoms with Gasteiger partial charge in [-0.3, -0.25) is 9.97 Å². The van der Waals surface area contributed by atoms with Gasteiger partial charge in [-0.2, -0.15) is 0 Å². The molecule has 0 radical (unpaired) electrons. The molecule has 2 rings (SSSR count). The van der Waals surface area contributed by atoms with E-state index in [4.69, 9.17) is 4.74 Å². The first kappa shape index (κ1) is 13.4. The fourth-order valence-corrected chi connectivity index (χ4v) is 1.52. The van der Waals surface area contributed by atoms with Crippen LogP contribution in [0.15, 0.2) is 30.7 Å². The summed E-state index contributed by atoms with van der Waals surface area (Å²) >= 11 is 0. The average Bonchev–Trinajstić information content (AvgIpc) is 2.44. The summed E-state index contributed by atoms with van der Waals surface area (Å²) in [5.74, 6) is 1.14. The number of pyridine rings is 1. The zero-order chi connectivity index (χ0) is 13.5. The summed E-state index contributed by atoms with van der Waals surface area (Å²) in [6.45, 7) is 5.77. The van der Waals surface area contributed by atoms with Crippen LogP contribution in [0, 0.1) is 6.92 Å². The van der Waals surface area contributed by atoms with Crippen LogP contribution in [0.25, 0.3) is 0 Å². The Bertz CT molecular complexity index is 496. The molecule has 5 heteroatoms. The van der Waals surface area contributed by atoms with E-state index in [0.29, 0.717) is 11.6 Å². The van der Waals surface area contributed by atoms with Gasteiger partial charge in [0.1, 0.15) is 5.75 Å². The normalized spacial score (nSPS) is 10.4. The van der Waals surface area contributed by atoms with Crippen molar-refractivity contribution in [3.05, 3.63) is 42.1 Å². The van der Waals surface area contributed by atoms with Crippen molar-refractivity contribution in [2.45, 2.75) is 26.8 Å². The first-order valence-corrected chi connectivity index (χ1v) is 6.40. The van der Waals surface area contributed by atoms with Gasteiger partial charge in [-0.15, -0.1) is 0 Å². The molecule has 5 nitrogen and oxygen atoms in total. The summed E-state index contributed by atoms with van der Waals surface area (Å²) in [7, 11) is 0. The second-order valence-electron chi connectivity index (χ2n) is 4.26. The molecule has 0 aromatic carbocycles. The zero-order valence-electron chi connectivity index (χ0n) is 11.3. The van der Waals surface area contributed by atoms with Gasteiger partial charge in [-0.25, -0.2) is 4.98 Å². The van der Waals surface area contributed by atoms with Crippen LogP contribution >= 0.6 is 0 Å². The highest BCUT2D eigenvalue weighted by Gasteiger charge is 2.00. The van der Waals surface area contributed by atoms with Crippen molar-refractivity contribution < 1.29 is 4.74 Å². The van der Waals surface area contributed by atoms with Gasteiger partial charge in [0.05, 0.1) is 24.3 Å². The van der Waals surface area contributed by atoms with Gasteiger partial charge in [0.25, 0.3) is 0 Å². The van der Waals surface area contributed by atoms with Crippen molar-refractivity contribution in [2.24, 2.45) is 0 Å². The van der Waals surface area contributed by atoms with Crippen molar-refractivity contribution in [1.82, 2.24) is 20.3 Å². The van der Waals surface area contributed by atoms with E-state index in [9.17, 15) is 0 Å². The number of rotatable bonds is 6. The maximum atomic E-state index is 5.56. The summed E-state index contributed by atoms with van der Waals surface area (Å²) in [6, 6.07) is 3.76. The summed E-state index contributed by atoms with van der Waals surface area (Å²) in [4.78, 5) is 12.7. The number of aryl methyl sites for hydroxylation is 1. The predicted octanol–water partition coefficient (Wildman–Crippen LogP) is 2.47. The first-order chi connectivity index (χ1) is 9.28. The Kier molecular flexibility index (Phi) is 4.80. The van der Waals surface area contributed by atoms with Gasteiger partial charge < -0.3 is 10.1 Å². The van der Waals surface area contributed by atoms with Crippen LogP contribution in [0.5, 0.6) is 11.6 Å². The van der Waals surface area contributed by atoms with E-state index in [1.165, 1.54) is 0 Å². The maximum Gasteiger partial charge on any atom is 0.237 e. The van der Waals surface area contributed by atoms with E-state index < -0.39 is 0 Å². The largest absolute Gasteiger partial charge is 0.436 e. The van der Waals surface area contributed by atoms with Crippen molar-refractivity contribution >= 4 is 0 Å². The third-order valence-electron chi connectivity index (χ3n) is 2.52. The van der Waals surface area contributed by atoms with Crippen molar-refractivity contribution in [3.8, 4) is 11.6 Å². The second kappa shape index (κ2) is 6.80. The molecule has 2 aromatic heterocycles. The van der Waals surface area contributed by atoms with E-state index in [1.54, 1.807) is 18.6 Å². The molecule has 19 heavy (non-hydrogen) atoms. The number of hydrogen-bond acceptors (Lipinski definition) is 5. The molecule has 0 fully saturated rings. The highest BCUT2D eigenvalue weighted by molar-refractivity contribution is 5.24. The van der Waals surface area contributed by atoms with Crippen LogP contribution in [-0.2, 0) is 6.54 Å². The monoisotopic (exact) mass is 258 g/mol. The molecule has 0 amide bonds. The van der Waals surface area contributed by atoms with Gasteiger partial charge in [0, 0.05) is 12.2 Å². The fraction of sp³-hybridized carbons (Fsp3) is 0.357. The Labute approximate surface area is 113 Å². The van der Waals surface area contributed by atoms with E-state index in [0.717, 1.165) is 30.9 Å². The highest BCUT2D eigenvalue weighted by Crippen LogP contribution is 2.17. The molecule has 0 bridgehead atoms. The lowest BCUT2D eigenvalue weighted by Gasteiger charge is -2.05. The van der Waals surface area contributed by atoms with E-state index in [2.05, 4.69) is 27.2 Å². The standard InChI is InChI=1S/C14H18N4O/c1-3-6-15-7-12-8-18-14(10-17-12)19-13-5-4-11(2)16-9-13/h4-5,8-10,15H,3,6-7H2,1-2H3. The van der Waals surface area contributed by atoms with E-state index in [-0.39, 0.29) is 0 Å². The minimum absolute atomic E-state index is 0.477. The Morgan fingerprint density at radius 3 is 2.63 bits per heavy atom. The molecule has 2 aromatic rings. The molecule has 2 heterocycles. The van der Waals surface area contributed by atoms with Crippen LogP contribution in [0.2, 0.25) is 0 Å². The van der Waals surface area contributed by atoms with Crippen molar-refractivity contribution in [2.75, 3.05) is 6.54 Å². The maximum absolute atomic E-state index is 5.56. The minimum Gasteiger partial charge on any atom is -0.436 e. The van der Waals surface area contributed by atoms with Gasteiger partial charge in [-0.05, 0) is 32.0 Å². The molecule has 0 aliphatic heterocycles. The van der Waals surface area contributed by atoms with Gasteiger partial charge in [0.2, 0.25) is 5.88 Å². The summed E-state index contributed by atoms with van der Waals surface area (Å²) in [5.41, 5.74) is 1.86. The SMILES string of the molecule is CCCNCc1cnc(Oc2ccc(C)nc2)cn1. The summed E-state index contributed by atoms with van der Waals surface area (Å²) in [5, 5.41) is 3.27. The van der Waals surface area contributed by atoms with Crippen LogP contribution in [0.3, 0.4) is 0 Å². The first-order valence-electron chi connectivity index (χ1n) is 6.40. The van der Waals surface area contributed by atoms with Gasteiger partial charge in [0.15, 0.2) is 0 Å². The Morgan fingerprint density at radius 2 is 2.00 bits per heavy atom. The van der Waals surface area contributed by atoms with E-state index >= 15 is 0 Å². The molecular weight excluding hydrogens is 240 g/mol. The molecule has 0 saturated heterocycles. The number of nitrogens with one attached hydrogen (secondary N) is 1. The smallest absolute Gasteiger partial charge is 0.237 e. The van der Waals surface area contributed by atoms with E-state index in [1.807, 2.05) is 19.1 Å². The molecule has 0 unspecified atom stereocenters. The second-order valence-corrected chi connectivity index (χ2v) is 4.26. The molecule has 0 saturated carbocycles. The van der Waals surface area contributed by atoms with Crippen molar-refractivity contribution in [3.63, 3.8) is 0 Å². The number of ether oxygens (including phenoxy) is 1. The topological polar surface area (TPSA) is 59.9 Å². The average molecular weight is 258 g/mol. The van der Waals surface area contributed by atoms with Crippen molar-refractivity contribution in [1.29, 1.82) is 0 Å². The lowest BCUT2D eigenvalue weighted by atomic mass is 10.4. The summed E-state index contributed by atoms with van der Waals surface area (Å²) < 4.78 is 5.56. The van der Waals surface area contributed by atoms with Gasteiger partial charge in [-0.1, -0.05) is 6.92 Å². The lowest BCUT2D eigenvalue weighted by molar-refractivity contribution is 0.456. The number of hydrogen-bond donors (Lipinski definition) is 1. The fourth-order valence-electron chi connectivity index (χ4n) is 1.52. The number of nitrogens with zero attached hydrogens (tertiary/aromatic N) is 3. The lowest BCUT2D eigenvalue weighted by Crippen LogP contribution is -2.14. The Morgan fingerprint density at radius 1 is 1.11 bits per heavy atom. The Hall–Kier alpha value is -2.01. The number of aromatic nitrogens is 3. The van der Waals surface area contributed by atoms with Crippen LogP contribution in [0.4, 0.5) is 0 Å². The third-order valence-corrected chi connectivity index (χ3v) is 2.52. The van der Waals surface area contributed by atoms with Crippen LogP contribution < -0.4 is 10.1 Å². The quantitative estimate of drug-likeness (QED) is 0.806. The Balaban J connectivity index is 1.92. The zero-order valence-corrected chi connectivity index (χ0v) is 11.3. The van der Waals surface area contributed by atoms with Crippen LogP contribution in [-0.4, -0.2) is 21.5 Å². The molecule has 0 atom stereocenters. The van der Waals surface area contributed by atoms with Gasteiger partial charge >= 0.3 is 0 Å². The molecule has 1 N–H and O–H groups in total. The third kappa shape index (κ3) is 4.30. The molecule has 0 aliphatic carbocycles. The molecule has 100 valence electrons. The molecular formula is C14H18N4O. The summed E-state index contributed by atoms with van der Waals surface area (Å²) in [6.07, 6.45) is 6.13. The highest BCUT2D eigenvalue weighted by atomic mass is 16.5. The van der Waals surface area contributed by atoms with Crippen LogP contribution in [0.1, 0.15) is 24.7 Å². The minimum atomic E-state index is 0.477. The molecule has 0 spiro atoms. The predicted molar refractivity (Wildman–Crippen MR) is 73.1 cm³/mol.